The van der Waals surface area contributed by atoms with Crippen molar-refractivity contribution < 1.29 is 4.74 Å². The Labute approximate surface area is 92.5 Å². The van der Waals surface area contributed by atoms with Crippen LogP contribution < -0.4 is 10.5 Å². The zero-order valence-corrected chi connectivity index (χ0v) is 9.25. The Hall–Kier alpha value is -1.39. The van der Waals surface area contributed by atoms with E-state index in [9.17, 15) is 0 Å². The first-order valence-corrected chi connectivity index (χ1v) is 5.50. The summed E-state index contributed by atoms with van der Waals surface area (Å²) in [6.45, 7) is 0.487. The van der Waals surface area contributed by atoms with Crippen LogP contribution >= 0.6 is 11.3 Å². The van der Waals surface area contributed by atoms with E-state index in [1.54, 1.807) is 18.4 Å². The maximum atomic E-state index is 5.52. The number of nitrogens with zero attached hydrogens (tertiary/aromatic N) is 1. The Morgan fingerprint density at radius 2 is 2.33 bits per heavy atom. The third-order valence-electron chi connectivity index (χ3n) is 2.08. The van der Waals surface area contributed by atoms with Gasteiger partial charge in [0.15, 0.2) is 0 Å². The monoisotopic (exact) mass is 220 g/mol. The smallest absolute Gasteiger partial charge is 0.123 e. The van der Waals surface area contributed by atoms with Crippen LogP contribution in [0.4, 0.5) is 0 Å². The summed E-state index contributed by atoms with van der Waals surface area (Å²) in [5.74, 6) is 0.844. The minimum atomic E-state index is 0.487. The number of hydrogen-bond acceptors (Lipinski definition) is 4. The van der Waals surface area contributed by atoms with Gasteiger partial charge in [-0.25, -0.2) is 4.98 Å². The molecule has 0 spiro atoms. The van der Waals surface area contributed by atoms with Crippen LogP contribution in [0.15, 0.2) is 29.6 Å². The van der Waals surface area contributed by atoms with Crippen molar-refractivity contribution in [1.29, 1.82) is 0 Å². The maximum absolute atomic E-state index is 5.52. The molecule has 0 aliphatic carbocycles. The van der Waals surface area contributed by atoms with E-state index in [4.69, 9.17) is 10.5 Å². The van der Waals surface area contributed by atoms with Gasteiger partial charge in [0, 0.05) is 17.5 Å². The molecular weight excluding hydrogens is 208 g/mol. The molecule has 0 amide bonds. The number of hydrogen-bond donors (Lipinski definition) is 1. The molecule has 15 heavy (non-hydrogen) atoms. The van der Waals surface area contributed by atoms with Gasteiger partial charge < -0.3 is 10.5 Å². The van der Waals surface area contributed by atoms with Crippen LogP contribution in [0.25, 0.3) is 10.6 Å². The summed E-state index contributed by atoms with van der Waals surface area (Å²) in [5.41, 5.74) is 7.51. The van der Waals surface area contributed by atoms with E-state index in [1.807, 2.05) is 29.6 Å². The first-order valence-electron chi connectivity index (χ1n) is 4.62. The summed E-state index contributed by atoms with van der Waals surface area (Å²) < 4.78 is 5.16. The number of ether oxygens (including phenoxy) is 1. The molecule has 2 aromatic rings. The molecule has 0 fully saturated rings. The molecule has 2 rings (SSSR count). The molecular formula is C11H12N2OS. The van der Waals surface area contributed by atoms with E-state index in [0.29, 0.717) is 6.54 Å². The molecule has 0 aliphatic heterocycles. The van der Waals surface area contributed by atoms with Gasteiger partial charge >= 0.3 is 0 Å². The number of nitrogens with two attached hydrogens (primary N) is 1. The van der Waals surface area contributed by atoms with Gasteiger partial charge in [-0.3, -0.25) is 0 Å². The third-order valence-corrected chi connectivity index (χ3v) is 3.02. The van der Waals surface area contributed by atoms with E-state index in [1.165, 1.54) is 0 Å². The van der Waals surface area contributed by atoms with Crippen molar-refractivity contribution >= 4 is 11.3 Å². The largest absolute Gasteiger partial charge is 0.497 e. The lowest BCUT2D eigenvalue weighted by molar-refractivity contribution is 0.415. The van der Waals surface area contributed by atoms with Crippen LogP contribution in [0.5, 0.6) is 5.75 Å². The molecule has 78 valence electrons. The second-order valence-electron chi connectivity index (χ2n) is 3.08. The molecule has 0 bridgehead atoms. The van der Waals surface area contributed by atoms with Gasteiger partial charge in [0.05, 0.1) is 12.8 Å². The lowest BCUT2D eigenvalue weighted by atomic mass is 10.2. The summed E-state index contributed by atoms with van der Waals surface area (Å²) in [5, 5.41) is 2.96. The highest BCUT2D eigenvalue weighted by atomic mass is 32.1. The van der Waals surface area contributed by atoms with E-state index >= 15 is 0 Å². The number of methoxy groups -OCH3 is 1. The summed E-state index contributed by atoms with van der Waals surface area (Å²) >= 11 is 1.60. The van der Waals surface area contributed by atoms with Crippen molar-refractivity contribution in [3.05, 3.63) is 35.3 Å². The van der Waals surface area contributed by atoms with Gasteiger partial charge in [0.2, 0.25) is 0 Å². The van der Waals surface area contributed by atoms with Crippen molar-refractivity contribution in [2.45, 2.75) is 6.54 Å². The third kappa shape index (κ3) is 2.16. The molecule has 3 nitrogen and oxygen atoms in total. The Bertz CT molecular complexity index is 453. The average Bonchev–Trinajstić information content (AvgIpc) is 2.78. The fraction of sp³-hybridized carbons (Fsp3) is 0.182. The second-order valence-corrected chi connectivity index (χ2v) is 3.94. The van der Waals surface area contributed by atoms with E-state index in [0.717, 1.165) is 22.0 Å². The molecule has 0 unspecified atom stereocenters. The highest BCUT2D eigenvalue weighted by Gasteiger charge is 2.04. The molecule has 0 saturated carbocycles. The van der Waals surface area contributed by atoms with E-state index in [2.05, 4.69) is 4.98 Å². The first-order chi connectivity index (χ1) is 7.33. The molecule has 0 radical (unpaired) electrons. The SMILES string of the molecule is COc1cccc(-c2nc(CN)cs2)c1. The molecule has 4 heteroatoms. The summed E-state index contributed by atoms with van der Waals surface area (Å²) in [6.07, 6.45) is 0. The van der Waals surface area contributed by atoms with Gasteiger partial charge in [0.25, 0.3) is 0 Å². The minimum Gasteiger partial charge on any atom is -0.497 e. The topological polar surface area (TPSA) is 48.1 Å². The van der Waals surface area contributed by atoms with Gasteiger partial charge in [-0.05, 0) is 12.1 Å². The summed E-state index contributed by atoms with van der Waals surface area (Å²) in [7, 11) is 1.66. The van der Waals surface area contributed by atoms with Crippen LogP contribution in [-0.4, -0.2) is 12.1 Å². The minimum absolute atomic E-state index is 0.487. The second kappa shape index (κ2) is 4.42. The number of rotatable bonds is 3. The number of thiazole rings is 1. The molecule has 1 heterocycles. The summed E-state index contributed by atoms with van der Waals surface area (Å²) in [4.78, 5) is 4.41. The molecule has 2 N–H and O–H groups in total. The first kappa shape index (κ1) is 10.1. The van der Waals surface area contributed by atoms with Crippen LogP contribution in [0.1, 0.15) is 5.69 Å². The molecule has 1 aromatic carbocycles. The highest BCUT2D eigenvalue weighted by Crippen LogP contribution is 2.26. The molecule has 0 aliphatic rings. The van der Waals surface area contributed by atoms with Crippen LogP contribution in [0.2, 0.25) is 0 Å². The fourth-order valence-electron chi connectivity index (χ4n) is 1.29. The molecule has 1 aromatic heterocycles. The van der Waals surface area contributed by atoms with Crippen molar-refractivity contribution in [3.63, 3.8) is 0 Å². The lowest BCUT2D eigenvalue weighted by Crippen LogP contribution is -1.95. The van der Waals surface area contributed by atoms with Crippen LogP contribution in [0, 0.1) is 0 Å². The fourth-order valence-corrected chi connectivity index (χ4v) is 2.12. The zero-order chi connectivity index (χ0) is 10.7. The summed E-state index contributed by atoms with van der Waals surface area (Å²) in [6, 6.07) is 7.86. The van der Waals surface area contributed by atoms with Crippen molar-refractivity contribution in [3.8, 4) is 16.3 Å². The van der Waals surface area contributed by atoms with E-state index in [-0.39, 0.29) is 0 Å². The Morgan fingerprint density at radius 1 is 1.47 bits per heavy atom. The van der Waals surface area contributed by atoms with Gasteiger partial charge in [-0.1, -0.05) is 12.1 Å². The van der Waals surface area contributed by atoms with E-state index < -0.39 is 0 Å². The highest BCUT2D eigenvalue weighted by molar-refractivity contribution is 7.13. The normalized spacial score (nSPS) is 10.3. The van der Waals surface area contributed by atoms with Gasteiger partial charge in [-0.15, -0.1) is 11.3 Å². The van der Waals surface area contributed by atoms with Crippen molar-refractivity contribution in [2.75, 3.05) is 7.11 Å². The standard InChI is InChI=1S/C11H12N2OS/c1-14-10-4-2-3-8(5-10)11-13-9(6-12)7-15-11/h2-5,7H,6,12H2,1H3. The molecule has 0 saturated heterocycles. The predicted molar refractivity (Wildman–Crippen MR) is 62.0 cm³/mol. The number of benzene rings is 1. The number of aromatic nitrogens is 1. The van der Waals surface area contributed by atoms with Crippen molar-refractivity contribution in [2.24, 2.45) is 5.73 Å². The lowest BCUT2D eigenvalue weighted by Gasteiger charge is -2.00. The zero-order valence-electron chi connectivity index (χ0n) is 8.43. The van der Waals surface area contributed by atoms with Crippen LogP contribution in [-0.2, 0) is 6.54 Å². The van der Waals surface area contributed by atoms with Crippen LogP contribution in [0.3, 0.4) is 0 Å². The molecule has 0 atom stereocenters. The van der Waals surface area contributed by atoms with Gasteiger partial charge in [-0.2, -0.15) is 0 Å². The maximum Gasteiger partial charge on any atom is 0.123 e. The van der Waals surface area contributed by atoms with Crippen molar-refractivity contribution in [1.82, 2.24) is 4.98 Å². The predicted octanol–water partition coefficient (Wildman–Crippen LogP) is 2.28. The Kier molecular flexibility index (Phi) is 2.99. The van der Waals surface area contributed by atoms with Gasteiger partial charge in [0.1, 0.15) is 10.8 Å². The Balaban J connectivity index is 2.35. The quantitative estimate of drug-likeness (QED) is 0.863. The Morgan fingerprint density at radius 3 is 3.00 bits per heavy atom. The average molecular weight is 220 g/mol.